The van der Waals surface area contributed by atoms with Crippen LogP contribution in [0.1, 0.15) is 24.8 Å². The van der Waals surface area contributed by atoms with Crippen LogP contribution in [0.3, 0.4) is 0 Å². The van der Waals surface area contributed by atoms with Crippen molar-refractivity contribution in [2.75, 3.05) is 12.4 Å². The van der Waals surface area contributed by atoms with Crippen LogP contribution in [-0.2, 0) is 11.3 Å². The molecule has 2 fully saturated rings. The zero-order valence-corrected chi connectivity index (χ0v) is 11.6. The van der Waals surface area contributed by atoms with Crippen LogP contribution in [0.5, 0.6) is 0 Å². The highest BCUT2D eigenvalue weighted by Crippen LogP contribution is 2.55. The quantitative estimate of drug-likeness (QED) is 0.794. The van der Waals surface area contributed by atoms with E-state index in [1.807, 2.05) is 35.2 Å². The van der Waals surface area contributed by atoms with E-state index in [1.165, 1.54) is 12.8 Å². The third kappa shape index (κ3) is 2.71. The van der Waals surface area contributed by atoms with E-state index in [0.29, 0.717) is 17.9 Å². The van der Waals surface area contributed by atoms with Gasteiger partial charge < -0.3 is 9.64 Å². The van der Waals surface area contributed by atoms with Crippen molar-refractivity contribution in [1.29, 1.82) is 0 Å². The lowest BCUT2D eigenvalue weighted by Gasteiger charge is -2.22. The number of carbonyl (C=O) groups excluding carboxylic acids is 1. The number of halogens is 1. The molecule has 1 unspecified atom stereocenters. The number of rotatable bonds is 3. The van der Waals surface area contributed by atoms with E-state index in [2.05, 4.69) is 0 Å². The van der Waals surface area contributed by atoms with Crippen molar-refractivity contribution in [3.8, 4) is 0 Å². The van der Waals surface area contributed by atoms with E-state index in [1.54, 1.807) is 0 Å². The Morgan fingerprint density at radius 1 is 1.37 bits per heavy atom. The minimum absolute atomic E-state index is 0.146. The Morgan fingerprint density at radius 2 is 2.11 bits per heavy atom. The van der Waals surface area contributed by atoms with Crippen LogP contribution >= 0.6 is 11.6 Å². The van der Waals surface area contributed by atoms with Crippen LogP contribution in [0.15, 0.2) is 30.3 Å². The van der Waals surface area contributed by atoms with Gasteiger partial charge in [0.05, 0.1) is 0 Å². The maximum atomic E-state index is 12.1. The number of ether oxygens (including phenoxy) is 1. The lowest BCUT2D eigenvalue weighted by molar-refractivity contribution is 0.0936. The van der Waals surface area contributed by atoms with E-state index in [9.17, 15) is 4.79 Å². The van der Waals surface area contributed by atoms with Crippen LogP contribution in [0, 0.1) is 5.41 Å². The van der Waals surface area contributed by atoms with Gasteiger partial charge in [-0.05, 0) is 30.2 Å². The van der Waals surface area contributed by atoms with Gasteiger partial charge in [0.2, 0.25) is 0 Å². The number of amides is 1. The highest BCUT2D eigenvalue weighted by Gasteiger charge is 2.53. The fraction of sp³-hybridized carbons (Fsp3) is 0.533. The molecule has 4 heteroatoms. The van der Waals surface area contributed by atoms with E-state index in [-0.39, 0.29) is 12.1 Å². The molecule has 1 atom stereocenters. The van der Waals surface area contributed by atoms with E-state index >= 15 is 0 Å². The SMILES string of the molecule is O=C(OCc1ccccc1)N1CC2(CC2)CC1CCl. The molecule has 1 aromatic carbocycles. The topological polar surface area (TPSA) is 29.5 Å². The van der Waals surface area contributed by atoms with Gasteiger partial charge in [0.25, 0.3) is 0 Å². The first-order chi connectivity index (χ1) is 9.22. The maximum absolute atomic E-state index is 12.1. The van der Waals surface area contributed by atoms with Crippen molar-refractivity contribution in [1.82, 2.24) is 4.90 Å². The molecule has 1 spiro atoms. The van der Waals surface area contributed by atoms with E-state index in [4.69, 9.17) is 16.3 Å². The van der Waals surface area contributed by atoms with Gasteiger partial charge in [-0.25, -0.2) is 4.79 Å². The number of benzene rings is 1. The monoisotopic (exact) mass is 279 g/mol. The van der Waals surface area contributed by atoms with Gasteiger partial charge in [0.1, 0.15) is 6.61 Å². The average molecular weight is 280 g/mol. The third-order valence-corrected chi connectivity index (χ3v) is 4.55. The third-order valence-electron chi connectivity index (χ3n) is 4.19. The highest BCUT2D eigenvalue weighted by molar-refractivity contribution is 6.18. The highest BCUT2D eigenvalue weighted by atomic mass is 35.5. The van der Waals surface area contributed by atoms with Crippen LogP contribution < -0.4 is 0 Å². The van der Waals surface area contributed by atoms with Crippen molar-refractivity contribution in [3.05, 3.63) is 35.9 Å². The van der Waals surface area contributed by atoms with Gasteiger partial charge in [-0.2, -0.15) is 0 Å². The summed E-state index contributed by atoms with van der Waals surface area (Å²) in [5.74, 6) is 0.502. The summed E-state index contributed by atoms with van der Waals surface area (Å²) in [6.45, 7) is 1.15. The molecule has 1 saturated heterocycles. The molecule has 1 aromatic rings. The summed E-state index contributed by atoms with van der Waals surface area (Å²) in [4.78, 5) is 14.0. The Kier molecular flexibility index (Phi) is 3.40. The van der Waals surface area contributed by atoms with Crippen LogP contribution in [-0.4, -0.2) is 29.5 Å². The van der Waals surface area contributed by atoms with E-state index in [0.717, 1.165) is 18.5 Å². The smallest absolute Gasteiger partial charge is 0.410 e. The number of hydrogen-bond acceptors (Lipinski definition) is 2. The summed E-state index contributed by atoms with van der Waals surface area (Å²) in [7, 11) is 0. The summed E-state index contributed by atoms with van der Waals surface area (Å²) < 4.78 is 5.39. The van der Waals surface area contributed by atoms with Gasteiger partial charge in [0.15, 0.2) is 0 Å². The van der Waals surface area contributed by atoms with Crippen LogP contribution in [0.2, 0.25) is 0 Å². The van der Waals surface area contributed by atoms with Crippen LogP contribution in [0.4, 0.5) is 4.79 Å². The first-order valence-corrected chi connectivity index (χ1v) is 7.29. The Labute approximate surface area is 118 Å². The molecule has 0 bridgehead atoms. The molecular formula is C15H18ClNO2. The molecule has 1 aliphatic heterocycles. The minimum atomic E-state index is -0.224. The van der Waals surface area contributed by atoms with Gasteiger partial charge in [-0.15, -0.1) is 11.6 Å². The fourth-order valence-corrected chi connectivity index (χ4v) is 3.13. The molecule has 1 heterocycles. The van der Waals surface area contributed by atoms with Crippen molar-refractivity contribution in [2.24, 2.45) is 5.41 Å². The molecular weight excluding hydrogens is 262 g/mol. The number of carbonyl (C=O) groups is 1. The zero-order valence-electron chi connectivity index (χ0n) is 10.8. The van der Waals surface area contributed by atoms with Crippen molar-refractivity contribution in [2.45, 2.75) is 31.9 Å². The molecule has 102 valence electrons. The summed E-state index contributed by atoms with van der Waals surface area (Å²) in [6.07, 6.45) is 3.26. The molecule has 1 amide bonds. The molecule has 2 aliphatic rings. The molecule has 0 aromatic heterocycles. The van der Waals surface area contributed by atoms with Gasteiger partial charge >= 0.3 is 6.09 Å². The number of likely N-dealkylation sites (tertiary alicyclic amines) is 1. The number of alkyl halides is 1. The number of hydrogen-bond donors (Lipinski definition) is 0. The zero-order chi connectivity index (χ0) is 13.3. The standard InChI is InChI=1S/C15H18ClNO2/c16-9-13-8-15(6-7-15)11-17(13)14(18)19-10-12-4-2-1-3-5-12/h1-5,13H,6-11H2. The molecule has 0 radical (unpaired) electrons. The van der Waals surface area contributed by atoms with Crippen molar-refractivity contribution >= 4 is 17.7 Å². The molecule has 0 N–H and O–H groups in total. The molecule has 19 heavy (non-hydrogen) atoms. The summed E-state index contributed by atoms with van der Waals surface area (Å²) in [5, 5.41) is 0. The second kappa shape index (κ2) is 5.04. The molecule has 3 nitrogen and oxygen atoms in total. The minimum Gasteiger partial charge on any atom is -0.445 e. The Balaban J connectivity index is 1.58. The second-order valence-electron chi connectivity index (χ2n) is 5.68. The second-order valence-corrected chi connectivity index (χ2v) is 5.99. The van der Waals surface area contributed by atoms with Crippen molar-refractivity contribution in [3.63, 3.8) is 0 Å². The van der Waals surface area contributed by atoms with Gasteiger partial charge in [-0.1, -0.05) is 30.3 Å². The van der Waals surface area contributed by atoms with Gasteiger partial charge in [0, 0.05) is 18.5 Å². The summed E-state index contributed by atoms with van der Waals surface area (Å²) >= 11 is 5.97. The largest absolute Gasteiger partial charge is 0.445 e. The Morgan fingerprint density at radius 3 is 2.74 bits per heavy atom. The first kappa shape index (κ1) is 12.8. The molecule has 3 rings (SSSR count). The normalized spacial score (nSPS) is 23.6. The van der Waals surface area contributed by atoms with Crippen LogP contribution in [0.25, 0.3) is 0 Å². The predicted octanol–water partition coefficient (Wildman–Crippen LogP) is 3.42. The Bertz CT molecular complexity index is 458. The number of nitrogens with zero attached hydrogens (tertiary/aromatic N) is 1. The maximum Gasteiger partial charge on any atom is 0.410 e. The summed E-state index contributed by atoms with van der Waals surface area (Å²) in [5.41, 5.74) is 1.38. The first-order valence-electron chi connectivity index (χ1n) is 6.76. The van der Waals surface area contributed by atoms with Gasteiger partial charge in [-0.3, -0.25) is 0 Å². The predicted molar refractivity (Wildman–Crippen MR) is 74.1 cm³/mol. The fourth-order valence-electron chi connectivity index (χ4n) is 2.86. The average Bonchev–Trinajstić information content (AvgIpc) is 3.09. The lowest BCUT2D eigenvalue weighted by Crippen LogP contribution is -2.37. The van der Waals surface area contributed by atoms with E-state index < -0.39 is 0 Å². The molecule has 1 aliphatic carbocycles. The summed E-state index contributed by atoms with van der Waals surface area (Å²) in [6, 6.07) is 9.90. The lowest BCUT2D eigenvalue weighted by atomic mass is 10.0. The molecule has 1 saturated carbocycles. The Hall–Kier alpha value is -1.22. The van der Waals surface area contributed by atoms with Crippen molar-refractivity contribution < 1.29 is 9.53 Å².